The van der Waals surface area contributed by atoms with Crippen LogP contribution in [0.5, 0.6) is 0 Å². The predicted octanol–water partition coefficient (Wildman–Crippen LogP) is 3.67. The molecule has 0 saturated carbocycles. The van der Waals surface area contributed by atoms with Crippen molar-refractivity contribution in [3.05, 3.63) is 75.9 Å². The largest absolute Gasteiger partial charge is 0.301 e. The second-order valence-corrected chi connectivity index (χ2v) is 7.87. The normalized spacial score (nSPS) is 13.5. The maximum atomic E-state index is 13.4. The van der Waals surface area contributed by atoms with Gasteiger partial charge in [-0.15, -0.1) is 0 Å². The number of sulfonamides is 1. The zero-order valence-electron chi connectivity index (χ0n) is 14.0. The molecule has 0 aliphatic carbocycles. The van der Waals surface area contributed by atoms with Gasteiger partial charge in [-0.2, -0.15) is 0 Å². The smallest absolute Gasteiger partial charge is 0.233 e. The number of likely N-dealkylation sites (N-methyl/N-ethyl adjacent to an activating group) is 1. The molecular weight excluding hydrogens is 363 g/mol. The number of nitrogens with zero attached hydrogens (tertiary/aromatic N) is 1. The van der Waals surface area contributed by atoms with Crippen molar-refractivity contribution in [3.63, 3.8) is 0 Å². The van der Waals surface area contributed by atoms with Crippen molar-refractivity contribution >= 4 is 27.7 Å². The summed E-state index contributed by atoms with van der Waals surface area (Å²) in [5.74, 6) is -0.352. The monoisotopic (exact) mass is 382 g/mol. The molecule has 4 nitrogen and oxygen atoms in total. The molecule has 0 radical (unpaired) electrons. The van der Waals surface area contributed by atoms with Gasteiger partial charge < -0.3 is 4.90 Å². The molecule has 0 heterocycles. The van der Waals surface area contributed by atoms with Crippen molar-refractivity contribution in [2.45, 2.75) is 6.04 Å². The molecule has 0 bridgehead atoms. The average molecular weight is 383 g/mol. The van der Waals surface area contributed by atoms with Crippen LogP contribution in [0.2, 0.25) is 5.02 Å². The molecule has 134 valence electrons. The number of hydrogen-bond acceptors (Lipinski definition) is 3. The lowest BCUT2D eigenvalue weighted by atomic mass is 10.1. The van der Waals surface area contributed by atoms with Crippen molar-refractivity contribution < 1.29 is 12.8 Å². The number of hydrogen-bond donors (Lipinski definition) is 1. The maximum Gasteiger partial charge on any atom is 0.233 e. The van der Waals surface area contributed by atoms with Crippen molar-refractivity contribution in [3.8, 4) is 0 Å². The summed E-state index contributed by atoms with van der Waals surface area (Å²) >= 11 is 5.80. The minimum atomic E-state index is -3.62. The molecule has 0 aliphatic rings. The van der Waals surface area contributed by atoms with Gasteiger partial charge in [-0.3, -0.25) is 0 Å². The van der Waals surface area contributed by atoms with Crippen molar-refractivity contribution in [1.82, 2.24) is 9.62 Å². The Balaban J connectivity index is 2.07. The minimum Gasteiger partial charge on any atom is -0.301 e. The van der Waals surface area contributed by atoms with Gasteiger partial charge >= 0.3 is 0 Å². The first kappa shape index (κ1) is 19.6. The van der Waals surface area contributed by atoms with Gasteiger partial charge in [0.15, 0.2) is 0 Å². The van der Waals surface area contributed by atoms with E-state index in [-0.39, 0.29) is 18.4 Å². The van der Waals surface area contributed by atoms with Crippen LogP contribution < -0.4 is 4.72 Å². The Kier molecular flexibility index (Phi) is 6.72. The maximum absolute atomic E-state index is 13.4. The summed E-state index contributed by atoms with van der Waals surface area (Å²) in [6.07, 6.45) is 1.49. The highest BCUT2D eigenvalue weighted by Crippen LogP contribution is 2.18. The topological polar surface area (TPSA) is 49.4 Å². The summed E-state index contributed by atoms with van der Waals surface area (Å²) in [6, 6.07) is 12.7. The highest BCUT2D eigenvalue weighted by Gasteiger charge is 2.17. The molecule has 1 atom stereocenters. The SMILES string of the molecule is CN(C)C(CNS(=O)(=O)/C=C/c1ccc(Cl)cc1)c1cccc(F)c1. The Labute approximate surface area is 153 Å². The van der Waals surface area contributed by atoms with Crippen LogP contribution in [-0.4, -0.2) is 34.0 Å². The Morgan fingerprint density at radius 3 is 2.48 bits per heavy atom. The third-order valence-corrected chi connectivity index (χ3v) is 4.96. The molecule has 7 heteroatoms. The van der Waals surface area contributed by atoms with Gasteiger partial charge in [0.25, 0.3) is 0 Å². The van der Waals surface area contributed by atoms with Crippen LogP contribution >= 0.6 is 11.6 Å². The molecule has 1 unspecified atom stereocenters. The van der Waals surface area contributed by atoms with Crippen LogP contribution in [0, 0.1) is 5.82 Å². The first-order valence-electron chi connectivity index (χ1n) is 7.62. The quantitative estimate of drug-likeness (QED) is 0.794. The molecule has 0 aromatic heterocycles. The summed E-state index contributed by atoms with van der Waals surface area (Å²) < 4.78 is 40.3. The molecule has 0 spiro atoms. The van der Waals surface area contributed by atoms with E-state index in [0.717, 1.165) is 11.0 Å². The minimum absolute atomic E-state index is 0.129. The van der Waals surface area contributed by atoms with Gasteiger partial charge in [-0.1, -0.05) is 35.9 Å². The van der Waals surface area contributed by atoms with Crippen molar-refractivity contribution in [2.75, 3.05) is 20.6 Å². The number of rotatable bonds is 7. The third-order valence-electron chi connectivity index (χ3n) is 3.64. The Hall–Kier alpha value is -1.73. The lowest BCUT2D eigenvalue weighted by Crippen LogP contribution is -2.33. The van der Waals surface area contributed by atoms with Crippen LogP contribution in [0.1, 0.15) is 17.2 Å². The Bertz CT molecular complexity index is 836. The average Bonchev–Trinajstić information content (AvgIpc) is 2.54. The number of halogens is 2. The standard InChI is InChI=1S/C18H20ClFN2O2S/c1-22(2)18(15-4-3-5-17(20)12-15)13-21-25(23,24)11-10-14-6-8-16(19)9-7-14/h3-12,18,21H,13H2,1-2H3/b11-10+. The summed E-state index contributed by atoms with van der Waals surface area (Å²) in [7, 11) is 0.00527. The zero-order valence-corrected chi connectivity index (χ0v) is 15.6. The second kappa shape index (κ2) is 8.58. The molecule has 0 aliphatic heterocycles. The molecular formula is C18H20ClFN2O2S. The van der Waals surface area contributed by atoms with Gasteiger partial charge in [0.05, 0.1) is 0 Å². The fourth-order valence-electron chi connectivity index (χ4n) is 2.30. The second-order valence-electron chi connectivity index (χ2n) is 5.78. The molecule has 1 N–H and O–H groups in total. The highest BCUT2D eigenvalue weighted by molar-refractivity contribution is 7.92. The lowest BCUT2D eigenvalue weighted by Gasteiger charge is -2.24. The van der Waals surface area contributed by atoms with Crippen LogP contribution in [0.15, 0.2) is 53.9 Å². The molecule has 0 saturated heterocycles. The summed E-state index contributed by atoms with van der Waals surface area (Å²) in [6.45, 7) is 0.129. The molecule has 25 heavy (non-hydrogen) atoms. The molecule has 0 amide bonds. The first-order chi connectivity index (χ1) is 11.8. The lowest BCUT2D eigenvalue weighted by molar-refractivity contribution is 0.299. The van der Waals surface area contributed by atoms with Gasteiger partial charge in [0.2, 0.25) is 10.0 Å². The van der Waals surface area contributed by atoms with Gasteiger partial charge in [0, 0.05) is 23.0 Å². The van der Waals surface area contributed by atoms with Crippen molar-refractivity contribution in [1.29, 1.82) is 0 Å². The first-order valence-corrected chi connectivity index (χ1v) is 9.54. The van der Waals surface area contributed by atoms with E-state index in [1.807, 2.05) is 19.0 Å². The van der Waals surface area contributed by atoms with E-state index in [0.29, 0.717) is 10.6 Å². The Morgan fingerprint density at radius 1 is 1.20 bits per heavy atom. The van der Waals surface area contributed by atoms with E-state index in [1.54, 1.807) is 36.4 Å². The van der Waals surface area contributed by atoms with E-state index >= 15 is 0 Å². The number of nitrogens with one attached hydrogen (secondary N) is 1. The summed E-state index contributed by atoms with van der Waals surface area (Å²) in [5, 5.41) is 1.69. The van der Waals surface area contributed by atoms with E-state index in [1.165, 1.54) is 18.2 Å². The molecule has 2 aromatic rings. The third kappa shape index (κ3) is 6.25. The van der Waals surface area contributed by atoms with E-state index in [4.69, 9.17) is 11.6 Å². The van der Waals surface area contributed by atoms with Gasteiger partial charge in [0.1, 0.15) is 5.82 Å². The van der Waals surface area contributed by atoms with Gasteiger partial charge in [-0.05, 0) is 55.6 Å². The predicted molar refractivity (Wildman–Crippen MR) is 100 cm³/mol. The molecule has 2 rings (SSSR count). The fourth-order valence-corrected chi connectivity index (χ4v) is 3.25. The summed E-state index contributed by atoms with van der Waals surface area (Å²) in [5.41, 5.74) is 1.43. The van der Waals surface area contributed by atoms with Crippen LogP contribution in [0.3, 0.4) is 0 Å². The molecule has 0 fully saturated rings. The zero-order chi connectivity index (χ0) is 18.4. The van der Waals surface area contributed by atoms with E-state index in [2.05, 4.69) is 4.72 Å². The van der Waals surface area contributed by atoms with E-state index < -0.39 is 10.0 Å². The fraction of sp³-hybridized carbons (Fsp3) is 0.222. The number of benzene rings is 2. The van der Waals surface area contributed by atoms with Crippen molar-refractivity contribution in [2.24, 2.45) is 0 Å². The van der Waals surface area contributed by atoms with Crippen LogP contribution in [0.4, 0.5) is 4.39 Å². The highest BCUT2D eigenvalue weighted by atomic mass is 35.5. The van der Waals surface area contributed by atoms with Crippen LogP contribution in [0.25, 0.3) is 6.08 Å². The summed E-state index contributed by atoms with van der Waals surface area (Å²) in [4.78, 5) is 1.83. The van der Waals surface area contributed by atoms with E-state index in [9.17, 15) is 12.8 Å². The molecule has 2 aromatic carbocycles. The van der Waals surface area contributed by atoms with Gasteiger partial charge in [-0.25, -0.2) is 17.5 Å². The Morgan fingerprint density at radius 2 is 1.88 bits per heavy atom. The van der Waals surface area contributed by atoms with Crippen LogP contribution in [-0.2, 0) is 10.0 Å².